The molecule has 1 saturated carbocycles. The molecule has 0 spiro atoms. The van der Waals surface area contributed by atoms with Crippen molar-refractivity contribution in [2.45, 2.75) is 89.0 Å². The molecule has 0 unspecified atom stereocenters. The summed E-state index contributed by atoms with van der Waals surface area (Å²) in [5.41, 5.74) is 0.754. The molecule has 3 aromatic carbocycles. The maximum Gasteiger partial charge on any atom is 0.417 e. The molecular weight excluding hydrogens is 639 g/mol. The predicted molar refractivity (Wildman–Crippen MR) is 173 cm³/mol. The van der Waals surface area contributed by atoms with Crippen LogP contribution in [-0.2, 0) is 32.3 Å². The van der Waals surface area contributed by atoms with Gasteiger partial charge in [-0.3, -0.25) is 13.9 Å². The van der Waals surface area contributed by atoms with E-state index in [9.17, 15) is 31.2 Å². The third-order valence-corrected chi connectivity index (χ3v) is 10.5. The molecule has 3 aromatic rings. The Morgan fingerprint density at radius 1 is 0.978 bits per heavy atom. The average Bonchev–Trinajstić information content (AvgIpc) is 3.01. The topological polar surface area (TPSA) is 86.8 Å². The van der Waals surface area contributed by atoms with E-state index in [-0.39, 0.29) is 35.5 Å². The van der Waals surface area contributed by atoms with Gasteiger partial charge in [0.2, 0.25) is 11.8 Å². The molecule has 0 heterocycles. The molecule has 1 atom stereocenters. The molecule has 0 saturated heterocycles. The average molecular weight is 678 g/mol. The van der Waals surface area contributed by atoms with Gasteiger partial charge in [0.15, 0.2) is 0 Å². The summed E-state index contributed by atoms with van der Waals surface area (Å²) in [5.74, 6) is -1.09. The highest BCUT2D eigenvalue weighted by Gasteiger charge is 2.37. The monoisotopic (exact) mass is 677 g/mol. The minimum Gasteiger partial charge on any atom is -0.352 e. The van der Waals surface area contributed by atoms with Crippen LogP contribution in [0.1, 0.15) is 67.7 Å². The smallest absolute Gasteiger partial charge is 0.352 e. The summed E-state index contributed by atoms with van der Waals surface area (Å²) in [7, 11) is -4.56. The van der Waals surface area contributed by atoms with Gasteiger partial charge in [-0.05, 0) is 74.6 Å². The molecule has 2 amide bonds. The van der Waals surface area contributed by atoms with Crippen LogP contribution in [0.15, 0.2) is 71.6 Å². The van der Waals surface area contributed by atoms with Crippen molar-refractivity contribution in [3.63, 3.8) is 0 Å². The van der Waals surface area contributed by atoms with E-state index in [0.29, 0.717) is 10.4 Å². The molecule has 1 fully saturated rings. The largest absolute Gasteiger partial charge is 0.417 e. The number of hydrogen-bond donors (Lipinski definition) is 1. The lowest BCUT2D eigenvalue weighted by Crippen LogP contribution is -2.54. The maximum absolute atomic E-state index is 14.3. The van der Waals surface area contributed by atoms with Gasteiger partial charge < -0.3 is 10.2 Å². The van der Waals surface area contributed by atoms with Gasteiger partial charge >= 0.3 is 6.18 Å². The number of nitrogens with zero attached hydrogens (tertiary/aromatic N) is 2. The molecule has 4 rings (SSSR count). The van der Waals surface area contributed by atoms with Crippen LogP contribution in [-0.4, -0.2) is 43.8 Å². The second-order valence-electron chi connectivity index (χ2n) is 11.7. The quantitative estimate of drug-likeness (QED) is 0.229. The van der Waals surface area contributed by atoms with Crippen LogP contribution in [0.25, 0.3) is 0 Å². The second kappa shape index (κ2) is 14.9. The van der Waals surface area contributed by atoms with Crippen molar-refractivity contribution < 1.29 is 31.2 Å². The Kier molecular flexibility index (Phi) is 11.4. The lowest BCUT2D eigenvalue weighted by Gasteiger charge is -2.35. The summed E-state index contributed by atoms with van der Waals surface area (Å²) in [6, 6.07) is 14.8. The van der Waals surface area contributed by atoms with E-state index < -0.39 is 45.3 Å². The number of benzene rings is 3. The number of hydrogen-bond acceptors (Lipinski definition) is 4. The number of amides is 2. The van der Waals surface area contributed by atoms with E-state index >= 15 is 0 Å². The number of carbonyl (C=O) groups excluding carboxylic acids is 2. The van der Waals surface area contributed by atoms with Crippen molar-refractivity contribution in [3.8, 4) is 0 Å². The SMILES string of the molecule is CC[C@H](C(=O)NC1CCCCC1)N(Cc1ccccc1C)C(=O)CN(c1ccc(Cl)c(C(F)(F)F)c1)S(=O)(=O)c1ccc(C)cc1. The van der Waals surface area contributed by atoms with Crippen LogP contribution in [0.3, 0.4) is 0 Å². The van der Waals surface area contributed by atoms with Crippen molar-refractivity contribution in [2.75, 3.05) is 10.8 Å². The number of aryl methyl sites for hydroxylation is 2. The molecule has 1 N–H and O–H groups in total. The normalized spacial score (nSPS) is 14.8. The molecule has 46 heavy (non-hydrogen) atoms. The second-order valence-corrected chi connectivity index (χ2v) is 14.0. The molecule has 12 heteroatoms. The summed E-state index contributed by atoms with van der Waals surface area (Å²) >= 11 is 5.86. The highest BCUT2D eigenvalue weighted by atomic mass is 35.5. The molecule has 1 aliphatic rings. The van der Waals surface area contributed by atoms with E-state index in [0.717, 1.165) is 60.9 Å². The van der Waals surface area contributed by atoms with Gasteiger partial charge in [0, 0.05) is 12.6 Å². The van der Waals surface area contributed by atoms with Crippen molar-refractivity contribution in [1.82, 2.24) is 10.2 Å². The first-order valence-corrected chi connectivity index (χ1v) is 17.1. The Labute approximate surface area is 273 Å². The van der Waals surface area contributed by atoms with Crippen molar-refractivity contribution >= 4 is 39.1 Å². The zero-order valence-electron chi connectivity index (χ0n) is 26.1. The summed E-state index contributed by atoms with van der Waals surface area (Å²) in [6.45, 7) is 4.53. The van der Waals surface area contributed by atoms with Gasteiger partial charge in [-0.2, -0.15) is 13.2 Å². The Bertz CT molecular complexity index is 1640. The van der Waals surface area contributed by atoms with E-state index in [2.05, 4.69) is 5.32 Å². The van der Waals surface area contributed by atoms with Gasteiger partial charge in [0.05, 0.1) is 21.2 Å². The fourth-order valence-electron chi connectivity index (χ4n) is 5.69. The molecular formula is C34H39ClF3N3O4S. The van der Waals surface area contributed by atoms with E-state index in [1.165, 1.54) is 17.0 Å². The number of nitrogens with one attached hydrogen (secondary N) is 1. The highest BCUT2D eigenvalue weighted by molar-refractivity contribution is 7.92. The fourth-order valence-corrected chi connectivity index (χ4v) is 7.32. The van der Waals surface area contributed by atoms with Gasteiger partial charge in [-0.1, -0.05) is 79.7 Å². The summed E-state index contributed by atoms with van der Waals surface area (Å²) in [6.07, 6.45) is 0.0788. The van der Waals surface area contributed by atoms with Crippen LogP contribution in [0.2, 0.25) is 5.02 Å². The van der Waals surface area contributed by atoms with E-state index in [4.69, 9.17) is 11.6 Å². The Hall–Kier alpha value is -3.57. The lowest BCUT2D eigenvalue weighted by molar-refractivity contribution is -0.140. The van der Waals surface area contributed by atoms with Crippen molar-refractivity contribution in [2.24, 2.45) is 0 Å². The molecule has 0 radical (unpaired) electrons. The third kappa shape index (κ3) is 8.41. The van der Waals surface area contributed by atoms with Crippen LogP contribution >= 0.6 is 11.6 Å². The molecule has 0 aliphatic heterocycles. The summed E-state index contributed by atoms with van der Waals surface area (Å²) < 4.78 is 70.4. The van der Waals surface area contributed by atoms with Crippen molar-refractivity contribution in [3.05, 3.63) is 94.0 Å². The van der Waals surface area contributed by atoms with Gasteiger partial charge in [0.25, 0.3) is 10.0 Å². The Balaban J connectivity index is 1.78. The first-order valence-electron chi connectivity index (χ1n) is 15.3. The number of carbonyl (C=O) groups is 2. The van der Waals surface area contributed by atoms with Crippen LogP contribution in [0, 0.1) is 13.8 Å². The number of alkyl halides is 3. The minimum atomic E-state index is -4.88. The number of sulfonamides is 1. The van der Waals surface area contributed by atoms with Crippen molar-refractivity contribution in [1.29, 1.82) is 0 Å². The van der Waals surface area contributed by atoms with Crippen LogP contribution < -0.4 is 9.62 Å². The maximum atomic E-state index is 14.3. The van der Waals surface area contributed by atoms with E-state index in [1.54, 1.807) is 32.0 Å². The zero-order chi connectivity index (χ0) is 33.6. The highest BCUT2D eigenvalue weighted by Crippen LogP contribution is 2.38. The summed E-state index contributed by atoms with van der Waals surface area (Å²) in [5, 5.41) is 2.47. The molecule has 0 bridgehead atoms. The predicted octanol–water partition coefficient (Wildman–Crippen LogP) is 7.43. The van der Waals surface area contributed by atoms with Gasteiger partial charge in [0.1, 0.15) is 12.6 Å². The number of anilines is 1. The molecule has 1 aliphatic carbocycles. The summed E-state index contributed by atoms with van der Waals surface area (Å²) in [4.78, 5) is 29.1. The standard InChI is InChI=1S/C34H39ClF3N3O4S/c1-4-31(33(43)39-26-12-6-5-7-13-26)40(21-25-11-9-8-10-24(25)3)32(42)22-41(46(44,45)28-17-14-23(2)15-18-28)27-16-19-30(35)29(20-27)34(36,37)38/h8-11,14-20,26,31H,4-7,12-13,21-22H2,1-3H3,(H,39,43)/t31-/m1/s1. The zero-order valence-corrected chi connectivity index (χ0v) is 27.7. The lowest BCUT2D eigenvalue weighted by atomic mass is 9.95. The van der Waals surface area contributed by atoms with Gasteiger partial charge in [-0.25, -0.2) is 8.42 Å². The molecule has 0 aromatic heterocycles. The van der Waals surface area contributed by atoms with Gasteiger partial charge in [-0.15, -0.1) is 0 Å². The molecule has 248 valence electrons. The number of halogens is 4. The van der Waals surface area contributed by atoms with Crippen LogP contribution in [0.5, 0.6) is 0 Å². The first kappa shape index (κ1) is 35.3. The Morgan fingerprint density at radius 2 is 1.63 bits per heavy atom. The number of rotatable bonds is 11. The van der Waals surface area contributed by atoms with Crippen LogP contribution in [0.4, 0.5) is 18.9 Å². The fraction of sp³-hybridized carbons (Fsp3) is 0.412. The third-order valence-electron chi connectivity index (χ3n) is 8.37. The minimum absolute atomic E-state index is 0.00502. The van der Waals surface area contributed by atoms with E-state index in [1.807, 2.05) is 25.1 Å². The Morgan fingerprint density at radius 3 is 2.24 bits per heavy atom. The molecule has 7 nitrogen and oxygen atoms in total. The first-order chi connectivity index (χ1) is 21.7.